The molecule has 0 aliphatic heterocycles. The number of nitrogens with zero attached hydrogens (tertiary/aromatic N) is 1. The van der Waals surface area contributed by atoms with Gasteiger partial charge in [-0.15, -0.1) is 0 Å². The van der Waals surface area contributed by atoms with Gasteiger partial charge in [-0.3, -0.25) is 4.98 Å². The highest BCUT2D eigenvalue weighted by atomic mass is 79.9. The molecule has 0 bridgehead atoms. The molecule has 1 heterocycles. The van der Waals surface area contributed by atoms with E-state index in [0.717, 1.165) is 10.7 Å². The third-order valence-corrected chi connectivity index (χ3v) is 2.77. The minimum Gasteiger partial charge on any atom is -0.488 e. The smallest absolute Gasteiger partial charge is 0.141 e. The quantitative estimate of drug-likeness (QED) is 0.885. The van der Waals surface area contributed by atoms with E-state index < -0.39 is 0 Å². The summed E-state index contributed by atoms with van der Waals surface area (Å²) in [6, 6.07) is 6.65. The fourth-order valence-corrected chi connectivity index (χ4v) is 1.69. The molecular formula is C12H10BrFN2O. The van der Waals surface area contributed by atoms with Crippen LogP contribution in [-0.2, 0) is 6.61 Å². The van der Waals surface area contributed by atoms with Gasteiger partial charge in [-0.05, 0) is 34.1 Å². The van der Waals surface area contributed by atoms with Crippen LogP contribution in [0, 0.1) is 5.82 Å². The van der Waals surface area contributed by atoms with Gasteiger partial charge in [0.25, 0.3) is 0 Å². The summed E-state index contributed by atoms with van der Waals surface area (Å²) in [5.74, 6) is 0.243. The SMILES string of the molecule is Nc1ccc(Br)c(OCc2cncc(F)c2)c1. The summed E-state index contributed by atoms with van der Waals surface area (Å²) in [5.41, 5.74) is 6.93. The van der Waals surface area contributed by atoms with Crippen molar-refractivity contribution in [1.29, 1.82) is 0 Å². The molecule has 0 saturated heterocycles. The Morgan fingerprint density at radius 3 is 2.88 bits per heavy atom. The summed E-state index contributed by atoms with van der Waals surface area (Å²) in [4.78, 5) is 3.75. The van der Waals surface area contributed by atoms with Crippen LogP contribution in [0.2, 0.25) is 0 Å². The van der Waals surface area contributed by atoms with Crippen LogP contribution in [0.25, 0.3) is 0 Å². The molecule has 0 spiro atoms. The fourth-order valence-electron chi connectivity index (χ4n) is 1.33. The highest BCUT2D eigenvalue weighted by molar-refractivity contribution is 9.10. The van der Waals surface area contributed by atoms with Crippen molar-refractivity contribution in [3.63, 3.8) is 0 Å². The second-order valence-electron chi connectivity index (χ2n) is 3.49. The van der Waals surface area contributed by atoms with Crippen molar-refractivity contribution >= 4 is 21.6 Å². The molecule has 0 aliphatic rings. The Morgan fingerprint density at radius 2 is 2.12 bits per heavy atom. The summed E-state index contributed by atoms with van der Waals surface area (Å²) in [7, 11) is 0. The van der Waals surface area contributed by atoms with Crippen LogP contribution in [0.15, 0.2) is 41.1 Å². The van der Waals surface area contributed by atoms with Gasteiger partial charge in [0, 0.05) is 23.5 Å². The maximum Gasteiger partial charge on any atom is 0.141 e. The molecule has 0 fully saturated rings. The molecule has 1 aromatic heterocycles. The van der Waals surface area contributed by atoms with Crippen molar-refractivity contribution < 1.29 is 9.13 Å². The minimum absolute atomic E-state index is 0.243. The predicted octanol–water partition coefficient (Wildman–Crippen LogP) is 3.14. The average molecular weight is 297 g/mol. The molecule has 0 amide bonds. The molecule has 2 N–H and O–H groups in total. The van der Waals surface area contributed by atoms with E-state index in [2.05, 4.69) is 20.9 Å². The first kappa shape index (κ1) is 11.9. The van der Waals surface area contributed by atoms with Crippen LogP contribution < -0.4 is 10.5 Å². The third kappa shape index (κ3) is 3.17. The number of hydrogen-bond donors (Lipinski definition) is 1. The third-order valence-electron chi connectivity index (χ3n) is 2.11. The van der Waals surface area contributed by atoms with E-state index in [9.17, 15) is 4.39 Å². The Balaban J connectivity index is 2.09. The molecule has 0 aliphatic carbocycles. The second kappa shape index (κ2) is 5.14. The number of hydrogen-bond acceptors (Lipinski definition) is 3. The number of aromatic nitrogens is 1. The zero-order valence-electron chi connectivity index (χ0n) is 8.86. The van der Waals surface area contributed by atoms with Crippen molar-refractivity contribution in [3.8, 4) is 5.75 Å². The van der Waals surface area contributed by atoms with E-state index in [4.69, 9.17) is 10.5 Å². The monoisotopic (exact) mass is 296 g/mol. The van der Waals surface area contributed by atoms with Crippen molar-refractivity contribution in [1.82, 2.24) is 4.98 Å². The number of pyridine rings is 1. The molecule has 17 heavy (non-hydrogen) atoms. The van der Waals surface area contributed by atoms with Gasteiger partial charge in [0.05, 0.1) is 10.7 Å². The number of benzene rings is 1. The number of rotatable bonds is 3. The molecule has 0 saturated carbocycles. The maximum atomic E-state index is 12.9. The van der Waals surface area contributed by atoms with Crippen molar-refractivity contribution in [3.05, 3.63) is 52.5 Å². The largest absolute Gasteiger partial charge is 0.488 e. The van der Waals surface area contributed by atoms with Gasteiger partial charge in [0.2, 0.25) is 0 Å². The van der Waals surface area contributed by atoms with Gasteiger partial charge in [0.15, 0.2) is 0 Å². The lowest BCUT2D eigenvalue weighted by molar-refractivity contribution is 0.303. The summed E-state index contributed by atoms with van der Waals surface area (Å²) in [6.45, 7) is 0.243. The zero-order valence-corrected chi connectivity index (χ0v) is 10.4. The molecule has 2 aromatic rings. The topological polar surface area (TPSA) is 48.1 Å². The minimum atomic E-state index is -0.377. The molecular weight excluding hydrogens is 287 g/mol. The van der Waals surface area contributed by atoms with Gasteiger partial charge in [-0.2, -0.15) is 0 Å². The van der Waals surface area contributed by atoms with E-state index in [1.165, 1.54) is 6.07 Å². The van der Waals surface area contributed by atoms with Crippen LogP contribution in [0.3, 0.4) is 0 Å². The summed E-state index contributed by atoms with van der Waals surface area (Å²) in [5, 5.41) is 0. The Bertz CT molecular complexity index is 534. The standard InChI is InChI=1S/C12H10BrFN2O/c13-11-2-1-10(15)4-12(11)17-7-8-3-9(14)6-16-5-8/h1-6H,7,15H2. The predicted molar refractivity (Wildman–Crippen MR) is 67.1 cm³/mol. The van der Waals surface area contributed by atoms with E-state index in [0.29, 0.717) is 17.0 Å². The van der Waals surface area contributed by atoms with E-state index in [-0.39, 0.29) is 12.4 Å². The number of ether oxygens (including phenoxy) is 1. The molecule has 1 aromatic carbocycles. The average Bonchev–Trinajstić information content (AvgIpc) is 2.30. The summed E-state index contributed by atoms with van der Waals surface area (Å²) < 4.78 is 19.2. The molecule has 0 unspecified atom stereocenters. The van der Waals surface area contributed by atoms with Gasteiger partial charge >= 0.3 is 0 Å². The van der Waals surface area contributed by atoms with Crippen molar-refractivity contribution in [2.75, 3.05) is 5.73 Å². The maximum absolute atomic E-state index is 12.9. The van der Waals surface area contributed by atoms with Crippen LogP contribution in [0.5, 0.6) is 5.75 Å². The molecule has 88 valence electrons. The lowest BCUT2D eigenvalue weighted by Crippen LogP contribution is -1.98. The first-order valence-electron chi connectivity index (χ1n) is 4.92. The zero-order chi connectivity index (χ0) is 12.3. The number of nitrogen functional groups attached to an aromatic ring is 1. The fraction of sp³-hybridized carbons (Fsp3) is 0.0833. The Labute approximate surface area is 107 Å². The molecule has 0 atom stereocenters. The molecule has 3 nitrogen and oxygen atoms in total. The Kier molecular flexibility index (Phi) is 3.58. The Morgan fingerprint density at radius 1 is 1.29 bits per heavy atom. The number of nitrogens with two attached hydrogens (primary N) is 1. The van der Waals surface area contributed by atoms with Gasteiger partial charge in [-0.25, -0.2) is 4.39 Å². The highest BCUT2D eigenvalue weighted by Gasteiger charge is 2.03. The van der Waals surface area contributed by atoms with Crippen LogP contribution in [0.4, 0.5) is 10.1 Å². The lowest BCUT2D eigenvalue weighted by atomic mass is 10.3. The first-order chi connectivity index (χ1) is 8.15. The number of halogens is 2. The van der Waals surface area contributed by atoms with Crippen molar-refractivity contribution in [2.24, 2.45) is 0 Å². The van der Waals surface area contributed by atoms with Gasteiger partial charge in [0.1, 0.15) is 18.2 Å². The van der Waals surface area contributed by atoms with Gasteiger partial charge < -0.3 is 10.5 Å². The van der Waals surface area contributed by atoms with Crippen molar-refractivity contribution in [2.45, 2.75) is 6.61 Å². The normalized spacial score (nSPS) is 10.2. The van der Waals surface area contributed by atoms with E-state index in [1.54, 1.807) is 24.4 Å². The van der Waals surface area contributed by atoms with Crippen LogP contribution >= 0.6 is 15.9 Å². The second-order valence-corrected chi connectivity index (χ2v) is 4.34. The summed E-state index contributed by atoms with van der Waals surface area (Å²) >= 11 is 3.35. The highest BCUT2D eigenvalue weighted by Crippen LogP contribution is 2.27. The van der Waals surface area contributed by atoms with E-state index >= 15 is 0 Å². The molecule has 2 rings (SSSR count). The Hall–Kier alpha value is -1.62. The molecule has 0 radical (unpaired) electrons. The molecule has 5 heteroatoms. The number of anilines is 1. The van der Waals surface area contributed by atoms with Crippen LogP contribution in [-0.4, -0.2) is 4.98 Å². The first-order valence-corrected chi connectivity index (χ1v) is 5.72. The van der Waals surface area contributed by atoms with E-state index in [1.807, 2.05) is 0 Å². The lowest BCUT2D eigenvalue weighted by Gasteiger charge is -2.08. The van der Waals surface area contributed by atoms with Gasteiger partial charge in [-0.1, -0.05) is 0 Å². The summed E-state index contributed by atoms with van der Waals surface area (Å²) in [6.07, 6.45) is 2.71. The van der Waals surface area contributed by atoms with Crippen LogP contribution in [0.1, 0.15) is 5.56 Å².